The van der Waals surface area contributed by atoms with Gasteiger partial charge in [0.25, 0.3) is 0 Å². The molecule has 0 aliphatic rings. The van der Waals surface area contributed by atoms with Crippen molar-refractivity contribution in [1.82, 2.24) is 0 Å². The zero-order valence-electron chi connectivity index (χ0n) is 8.06. The molecule has 0 bridgehead atoms. The zero-order chi connectivity index (χ0) is 10.6. The lowest BCUT2D eigenvalue weighted by Crippen LogP contribution is -2.05. The van der Waals surface area contributed by atoms with Crippen molar-refractivity contribution in [2.24, 2.45) is 0 Å². The largest absolute Gasteiger partial charge is 0.204 e. The van der Waals surface area contributed by atoms with Gasteiger partial charge in [-0.3, -0.25) is 0 Å². The van der Waals surface area contributed by atoms with E-state index in [0.29, 0.717) is 12.0 Å². The van der Waals surface area contributed by atoms with Crippen molar-refractivity contribution in [1.29, 1.82) is 0 Å². The number of rotatable bonds is 4. The van der Waals surface area contributed by atoms with Gasteiger partial charge in [-0.15, -0.1) is 11.6 Å². The van der Waals surface area contributed by atoms with Gasteiger partial charge in [-0.25, -0.2) is 8.78 Å². The lowest BCUT2D eigenvalue weighted by molar-refractivity contribution is 0.496. The van der Waals surface area contributed by atoms with Gasteiger partial charge >= 0.3 is 0 Å². The number of benzene rings is 1. The summed E-state index contributed by atoms with van der Waals surface area (Å²) in [5.41, 5.74) is 0.360. The minimum atomic E-state index is -0.803. The molecule has 1 atom stereocenters. The fourth-order valence-corrected chi connectivity index (χ4v) is 1.74. The van der Waals surface area contributed by atoms with E-state index in [-0.39, 0.29) is 5.38 Å². The van der Waals surface area contributed by atoms with Gasteiger partial charge in [-0.05, 0) is 24.5 Å². The predicted molar refractivity (Wildman–Crippen MR) is 54.6 cm³/mol. The normalized spacial score (nSPS) is 12.9. The van der Waals surface area contributed by atoms with Crippen molar-refractivity contribution >= 4 is 11.6 Å². The summed E-state index contributed by atoms with van der Waals surface area (Å²) in [5, 5.41) is -0.115. The van der Waals surface area contributed by atoms with Gasteiger partial charge < -0.3 is 0 Å². The highest BCUT2D eigenvalue weighted by Gasteiger charge is 2.11. The van der Waals surface area contributed by atoms with Gasteiger partial charge in [0, 0.05) is 5.38 Å². The van der Waals surface area contributed by atoms with E-state index in [4.69, 9.17) is 11.6 Å². The maximum Gasteiger partial charge on any atom is 0.162 e. The highest BCUT2D eigenvalue weighted by Crippen LogP contribution is 2.17. The van der Waals surface area contributed by atoms with Crippen molar-refractivity contribution in [2.45, 2.75) is 31.6 Å². The molecule has 14 heavy (non-hydrogen) atoms. The molecule has 1 aromatic rings. The summed E-state index contributed by atoms with van der Waals surface area (Å²) in [5.74, 6) is -1.57. The molecule has 0 N–H and O–H groups in total. The Balaban J connectivity index is 2.71. The second-order valence-electron chi connectivity index (χ2n) is 3.30. The SMILES string of the molecule is CCCC(Cl)Cc1cccc(F)c1F. The monoisotopic (exact) mass is 218 g/mol. The van der Waals surface area contributed by atoms with Crippen molar-refractivity contribution in [3.05, 3.63) is 35.4 Å². The first kappa shape index (κ1) is 11.4. The van der Waals surface area contributed by atoms with Crippen molar-refractivity contribution in [3.63, 3.8) is 0 Å². The molecule has 0 amide bonds. The van der Waals surface area contributed by atoms with Crippen molar-refractivity contribution < 1.29 is 8.78 Å². The number of alkyl halides is 1. The van der Waals surface area contributed by atoms with E-state index in [1.54, 1.807) is 6.07 Å². The van der Waals surface area contributed by atoms with Gasteiger partial charge in [-0.2, -0.15) is 0 Å². The molecule has 0 spiro atoms. The van der Waals surface area contributed by atoms with Gasteiger partial charge in [0.05, 0.1) is 0 Å². The summed E-state index contributed by atoms with van der Waals surface area (Å²) in [7, 11) is 0. The van der Waals surface area contributed by atoms with E-state index in [0.717, 1.165) is 18.9 Å². The third-order valence-electron chi connectivity index (χ3n) is 2.07. The lowest BCUT2D eigenvalue weighted by atomic mass is 10.1. The molecule has 1 unspecified atom stereocenters. The second-order valence-corrected chi connectivity index (χ2v) is 3.92. The molecular weight excluding hydrogens is 206 g/mol. The fraction of sp³-hybridized carbons (Fsp3) is 0.455. The van der Waals surface area contributed by atoms with Crippen molar-refractivity contribution in [2.75, 3.05) is 0 Å². The van der Waals surface area contributed by atoms with Crippen molar-refractivity contribution in [3.8, 4) is 0 Å². The van der Waals surface area contributed by atoms with Crippen LogP contribution in [0.5, 0.6) is 0 Å². The van der Waals surface area contributed by atoms with E-state index < -0.39 is 11.6 Å². The third kappa shape index (κ3) is 2.95. The Labute approximate surface area is 87.9 Å². The standard InChI is InChI=1S/C11H13ClF2/c1-2-4-9(12)7-8-5-3-6-10(13)11(8)14/h3,5-6,9H,2,4,7H2,1H3. The van der Waals surface area contributed by atoms with Crippen LogP contribution in [0.3, 0.4) is 0 Å². The lowest BCUT2D eigenvalue weighted by Gasteiger charge is -2.08. The smallest absolute Gasteiger partial charge is 0.162 e. The quantitative estimate of drug-likeness (QED) is 0.672. The van der Waals surface area contributed by atoms with Crippen LogP contribution in [0.25, 0.3) is 0 Å². The van der Waals surface area contributed by atoms with Gasteiger partial charge in [0.2, 0.25) is 0 Å². The van der Waals surface area contributed by atoms with E-state index in [1.807, 2.05) is 6.92 Å². The summed E-state index contributed by atoms with van der Waals surface area (Å²) < 4.78 is 26.0. The fourth-order valence-electron chi connectivity index (χ4n) is 1.36. The summed E-state index contributed by atoms with van der Waals surface area (Å²) >= 11 is 5.95. The van der Waals surface area contributed by atoms with E-state index in [2.05, 4.69) is 0 Å². The number of hydrogen-bond acceptors (Lipinski definition) is 0. The zero-order valence-corrected chi connectivity index (χ0v) is 8.82. The van der Waals surface area contributed by atoms with Crippen LogP contribution in [0, 0.1) is 11.6 Å². The Hall–Kier alpha value is -0.630. The number of halogens is 3. The van der Waals surface area contributed by atoms with Crippen LogP contribution in [-0.2, 0) is 6.42 Å². The molecule has 0 fully saturated rings. The second kappa shape index (κ2) is 5.30. The topological polar surface area (TPSA) is 0 Å². The summed E-state index contributed by atoms with van der Waals surface area (Å²) in [6, 6.07) is 4.19. The summed E-state index contributed by atoms with van der Waals surface area (Å²) in [6.07, 6.45) is 2.15. The molecule has 0 aliphatic heterocycles. The molecule has 0 saturated carbocycles. The van der Waals surface area contributed by atoms with Gasteiger partial charge in [0.1, 0.15) is 0 Å². The molecule has 1 aromatic carbocycles. The summed E-state index contributed by atoms with van der Waals surface area (Å²) in [4.78, 5) is 0. The minimum Gasteiger partial charge on any atom is -0.204 e. The molecule has 3 heteroatoms. The van der Waals surface area contributed by atoms with Gasteiger partial charge in [-0.1, -0.05) is 25.5 Å². The number of hydrogen-bond donors (Lipinski definition) is 0. The molecule has 1 rings (SSSR count). The Morgan fingerprint density at radius 1 is 1.36 bits per heavy atom. The van der Waals surface area contributed by atoms with Crippen LogP contribution in [0.15, 0.2) is 18.2 Å². The Bertz CT molecular complexity index is 299. The third-order valence-corrected chi connectivity index (χ3v) is 2.45. The average molecular weight is 219 g/mol. The van der Waals surface area contributed by atoms with Crippen LogP contribution in [0.2, 0.25) is 0 Å². The highest BCUT2D eigenvalue weighted by molar-refractivity contribution is 6.20. The maximum absolute atomic E-state index is 13.2. The molecule has 0 aliphatic carbocycles. The molecule has 78 valence electrons. The first-order chi connectivity index (χ1) is 6.65. The van der Waals surface area contributed by atoms with E-state index >= 15 is 0 Å². The van der Waals surface area contributed by atoms with Crippen LogP contribution in [0.1, 0.15) is 25.3 Å². The van der Waals surface area contributed by atoms with Gasteiger partial charge in [0.15, 0.2) is 11.6 Å². The first-order valence-electron chi connectivity index (χ1n) is 4.72. The Morgan fingerprint density at radius 2 is 2.07 bits per heavy atom. The molecule has 0 aromatic heterocycles. The Kier molecular flexibility index (Phi) is 4.33. The molecule has 0 radical (unpaired) electrons. The molecule has 0 heterocycles. The maximum atomic E-state index is 13.2. The highest BCUT2D eigenvalue weighted by atomic mass is 35.5. The first-order valence-corrected chi connectivity index (χ1v) is 5.15. The molecular formula is C11H13ClF2. The van der Waals surface area contributed by atoms with E-state index in [1.165, 1.54) is 6.07 Å². The van der Waals surface area contributed by atoms with Crippen LogP contribution < -0.4 is 0 Å². The van der Waals surface area contributed by atoms with Crippen LogP contribution >= 0.6 is 11.6 Å². The average Bonchev–Trinajstić information content (AvgIpc) is 2.13. The van der Waals surface area contributed by atoms with Crippen LogP contribution in [0.4, 0.5) is 8.78 Å². The summed E-state index contributed by atoms with van der Waals surface area (Å²) in [6.45, 7) is 2.01. The predicted octanol–water partition coefficient (Wildman–Crippen LogP) is 3.91. The minimum absolute atomic E-state index is 0.115. The molecule has 0 saturated heterocycles. The molecule has 0 nitrogen and oxygen atoms in total. The van der Waals surface area contributed by atoms with E-state index in [9.17, 15) is 8.78 Å². The Morgan fingerprint density at radius 3 is 2.71 bits per heavy atom. The van der Waals surface area contributed by atoms with Crippen LogP contribution in [-0.4, -0.2) is 5.38 Å².